The lowest BCUT2D eigenvalue weighted by Crippen LogP contribution is -2.58. The van der Waals surface area contributed by atoms with E-state index in [9.17, 15) is 0 Å². The van der Waals surface area contributed by atoms with E-state index in [1.165, 1.54) is 144 Å². The largest absolute Gasteiger partial charge is 0.458 e. The van der Waals surface area contributed by atoms with E-state index in [1.54, 1.807) is 0 Å². The quantitative estimate of drug-likeness (QED) is 0.157. The van der Waals surface area contributed by atoms with Crippen LogP contribution in [0.3, 0.4) is 0 Å². The zero-order chi connectivity index (χ0) is 45.3. The third-order valence-electron chi connectivity index (χ3n) is 14.6. The van der Waals surface area contributed by atoms with Crippen LogP contribution in [0.25, 0.3) is 83.1 Å². The fourth-order valence-electron chi connectivity index (χ4n) is 12.4. The number of ether oxygens (including phenoxy) is 1. The highest BCUT2D eigenvalue weighted by molar-refractivity contribution is 6.99. The first-order valence-electron chi connectivity index (χ1n) is 23.4. The summed E-state index contributed by atoms with van der Waals surface area (Å²) in [5.41, 5.74) is 31.4. The van der Waals surface area contributed by atoms with Gasteiger partial charge in [-0.05, 0) is 204 Å². The summed E-state index contributed by atoms with van der Waals surface area (Å²) in [5.74, 6) is 1.83. The molecule has 3 heteroatoms. The topological polar surface area (TPSA) is 14.2 Å². The Bertz CT molecular complexity index is 3650. The molecule has 10 aromatic rings. The molecule has 0 saturated heterocycles. The molecule has 0 radical (unpaired) electrons. The molecule has 0 unspecified atom stereocenters. The van der Waals surface area contributed by atoms with Gasteiger partial charge in [-0.2, -0.15) is 0 Å². The Morgan fingerprint density at radius 3 is 1.48 bits per heavy atom. The lowest BCUT2D eigenvalue weighted by molar-refractivity contribution is 0.487. The number of hydrogen-bond acceptors (Lipinski definition) is 1. The van der Waals surface area contributed by atoms with Crippen molar-refractivity contribution in [3.8, 4) is 72.8 Å². The van der Waals surface area contributed by atoms with Crippen molar-refractivity contribution in [3.05, 3.63) is 202 Å². The maximum absolute atomic E-state index is 7.27. The first-order valence-corrected chi connectivity index (χ1v) is 23.4. The Hall–Kier alpha value is -7.36. The predicted molar refractivity (Wildman–Crippen MR) is 282 cm³/mol. The number of rotatable bonds is 5. The van der Waals surface area contributed by atoms with Gasteiger partial charge in [0, 0.05) is 22.0 Å². The fourth-order valence-corrected chi connectivity index (χ4v) is 12.4. The molecule has 0 atom stereocenters. The second-order valence-corrected chi connectivity index (χ2v) is 19.5. The van der Waals surface area contributed by atoms with Gasteiger partial charge in [-0.15, -0.1) is 0 Å². The second kappa shape index (κ2) is 14.8. The summed E-state index contributed by atoms with van der Waals surface area (Å²) >= 11 is 0. The zero-order valence-corrected chi connectivity index (χ0v) is 39.4. The molecule has 2 nitrogen and oxygen atoms in total. The van der Waals surface area contributed by atoms with Crippen LogP contribution >= 0.6 is 0 Å². The van der Waals surface area contributed by atoms with Crippen molar-refractivity contribution in [1.82, 2.24) is 4.57 Å². The molecule has 0 amide bonds. The number of aromatic nitrogens is 1. The average molecular weight is 850 g/mol. The number of aryl methyl sites for hydroxylation is 9. The van der Waals surface area contributed by atoms with Gasteiger partial charge in [0.1, 0.15) is 11.5 Å². The molecule has 66 heavy (non-hydrogen) atoms. The van der Waals surface area contributed by atoms with Gasteiger partial charge in [0.05, 0.1) is 5.52 Å². The van der Waals surface area contributed by atoms with Crippen LogP contribution in [0.2, 0.25) is 0 Å². The van der Waals surface area contributed by atoms with Crippen LogP contribution in [-0.2, 0) is 0 Å². The van der Waals surface area contributed by atoms with E-state index >= 15 is 0 Å². The highest BCUT2D eigenvalue weighted by Gasteiger charge is 2.42. The molecule has 2 aliphatic heterocycles. The normalized spacial score (nSPS) is 12.4. The number of benzene rings is 9. The second-order valence-electron chi connectivity index (χ2n) is 19.5. The molecule has 1 aromatic heterocycles. The SMILES string of the molecule is Cc1cc(C)c(-c2ccc3c(c2)B2c4c(cc(-c5ccccc5-c5ccccc5)cc4-n4c5ccc(-c6c(C)cc(C)cc6C)cc5c5cc(-c6c(C)cc(C)cc6C)cc2c54)O3)c(C)c1. The van der Waals surface area contributed by atoms with E-state index in [0.29, 0.717) is 0 Å². The third kappa shape index (κ3) is 6.09. The molecule has 0 fully saturated rings. The first-order chi connectivity index (χ1) is 31.9. The van der Waals surface area contributed by atoms with Gasteiger partial charge in [0.15, 0.2) is 0 Å². The molecular formula is C63H52BNO. The van der Waals surface area contributed by atoms with Gasteiger partial charge in [-0.3, -0.25) is 0 Å². The molecule has 0 aliphatic carbocycles. The van der Waals surface area contributed by atoms with E-state index in [4.69, 9.17) is 4.74 Å². The highest BCUT2D eigenvalue weighted by Crippen LogP contribution is 2.45. The summed E-state index contributed by atoms with van der Waals surface area (Å²) in [5, 5.41) is 2.54. The van der Waals surface area contributed by atoms with Gasteiger partial charge in [-0.1, -0.05) is 132 Å². The van der Waals surface area contributed by atoms with Crippen molar-refractivity contribution in [1.29, 1.82) is 0 Å². The summed E-state index contributed by atoms with van der Waals surface area (Å²) < 4.78 is 9.84. The standard InChI is InChI=1S/C63H52BNO/c1-35-23-38(4)59(39(5)24-35)45-19-21-55-51(29-45)52-30-48(61-42(8)27-37(3)28-43(61)9)32-54-63(52)65(55)56-33-47(50-18-14-13-17-49(50)44-15-11-10-12-16-44)34-58-62(56)64(54)53-31-46(20-22-57(53)66-58)60-40(6)25-36(2)26-41(60)7/h10-34H,1-9H3. The molecule has 0 spiro atoms. The van der Waals surface area contributed by atoms with Gasteiger partial charge in [0.2, 0.25) is 0 Å². The molecule has 9 aromatic carbocycles. The van der Waals surface area contributed by atoms with Crippen molar-refractivity contribution in [3.63, 3.8) is 0 Å². The lowest BCUT2D eigenvalue weighted by atomic mass is 9.34. The number of hydrogen-bond donors (Lipinski definition) is 0. The van der Waals surface area contributed by atoms with Crippen molar-refractivity contribution >= 4 is 44.9 Å². The fraction of sp³-hybridized carbons (Fsp3) is 0.143. The minimum Gasteiger partial charge on any atom is -0.458 e. The molecule has 318 valence electrons. The third-order valence-corrected chi connectivity index (χ3v) is 14.6. The Balaban J connectivity index is 1.22. The smallest absolute Gasteiger partial charge is 0.256 e. The van der Waals surface area contributed by atoms with E-state index in [1.807, 2.05) is 0 Å². The summed E-state index contributed by atoms with van der Waals surface area (Å²) in [7, 11) is 0. The molecule has 0 saturated carbocycles. The van der Waals surface area contributed by atoms with Crippen molar-refractivity contribution < 1.29 is 4.74 Å². The summed E-state index contributed by atoms with van der Waals surface area (Å²) in [4.78, 5) is 0. The van der Waals surface area contributed by atoms with E-state index in [2.05, 4.69) is 219 Å². The van der Waals surface area contributed by atoms with Crippen molar-refractivity contribution in [2.75, 3.05) is 0 Å². The number of fused-ring (bicyclic) bond motifs is 7. The van der Waals surface area contributed by atoms with Gasteiger partial charge >= 0.3 is 0 Å². The van der Waals surface area contributed by atoms with Crippen LogP contribution < -0.4 is 21.1 Å². The van der Waals surface area contributed by atoms with E-state index in [0.717, 1.165) is 17.1 Å². The minimum atomic E-state index is -0.0745. The maximum Gasteiger partial charge on any atom is 0.256 e. The Morgan fingerprint density at radius 2 is 0.879 bits per heavy atom. The van der Waals surface area contributed by atoms with Crippen LogP contribution in [0, 0.1) is 62.3 Å². The van der Waals surface area contributed by atoms with Gasteiger partial charge in [0.25, 0.3) is 6.71 Å². The summed E-state index contributed by atoms with van der Waals surface area (Å²) in [6, 6.07) is 57.5. The van der Waals surface area contributed by atoms with Crippen molar-refractivity contribution in [2.24, 2.45) is 0 Å². The van der Waals surface area contributed by atoms with Crippen LogP contribution in [0.4, 0.5) is 0 Å². The molecule has 12 rings (SSSR count). The predicted octanol–water partition coefficient (Wildman–Crippen LogP) is 14.8. The van der Waals surface area contributed by atoms with E-state index in [-0.39, 0.29) is 6.71 Å². The molecular weight excluding hydrogens is 798 g/mol. The molecule has 3 heterocycles. The van der Waals surface area contributed by atoms with E-state index < -0.39 is 0 Å². The van der Waals surface area contributed by atoms with Crippen LogP contribution in [-0.4, -0.2) is 11.3 Å². The number of nitrogens with zero attached hydrogens (tertiary/aromatic N) is 1. The van der Waals surface area contributed by atoms with Crippen LogP contribution in [0.15, 0.2) is 152 Å². The Kier molecular flexibility index (Phi) is 9.03. The zero-order valence-electron chi connectivity index (χ0n) is 39.4. The van der Waals surface area contributed by atoms with Gasteiger partial charge in [-0.25, -0.2) is 0 Å². The molecule has 0 bridgehead atoms. The Labute approximate surface area is 389 Å². The molecule has 2 aliphatic rings. The highest BCUT2D eigenvalue weighted by atomic mass is 16.5. The monoisotopic (exact) mass is 849 g/mol. The molecule has 0 N–H and O–H groups in total. The average Bonchev–Trinajstić information content (AvgIpc) is 3.61. The van der Waals surface area contributed by atoms with Crippen molar-refractivity contribution in [2.45, 2.75) is 62.3 Å². The van der Waals surface area contributed by atoms with Crippen LogP contribution in [0.1, 0.15) is 50.1 Å². The Morgan fingerprint density at radius 1 is 0.379 bits per heavy atom. The summed E-state index contributed by atoms with van der Waals surface area (Å²) in [6.07, 6.45) is 0. The minimum absolute atomic E-state index is 0.0745. The first kappa shape index (κ1) is 40.2. The van der Waals surface area contributed by atoms with Gasteiger partial charge < -0.3 is 9.30 Å². The maximum atomic E-state index is 7.27. The van der Waals surface area contributed by atoms with Crippen LogP contribution in [0.5, 0.6) is 11.5 Å². The summed E-state index contributed by atoms with van der Waals surface area (Å²) in [6.45, 7) is 20.1. The lowest BCUT2D eigenvalue weighted by Gasteiger charge is -2.34.